The van der Waals surface area contributed by atoms with E-state index in [0.717, 1.165) is 12.3 Å². The number of non-ortho nitro benzene ring substituents is 1. The molecule has 10 nitrogen and oxygen atoms in total. The van der Waals surface area contributed by atoms with E-state index < -0.39 is 24.8 Å². The molecule has 12 heteroatoms. The van der Waals surface area contributed by atoms with Gasteiger partial charge in [-0.15, -0.1) is 10.2 Å². The van der Waals surface area contributed by atoms with Crippen LogP contribution in [0.5, 0.6) is 0 Å². The van der Waals surface area contributed by atoms with Crippen molar-refractivity contribution in [1.82, 2.24) is 10.2 Å². The van der Waals surface area contributed by atoms with E-state index in [1.807, 2.05) is 0 Å². The molecule has 3 rings (SSSR count). The van der Waals surface area contributed by atoms with Crippen molar-refractivity contribution in [2.45, 2.75) is 16.8 Å². The summed E-state index contributed by atoms with van der Waals surface area (Å²) in [5, 5.41) is 18.3. The molecule has 0 unspecified atom stereocenters. The Morgan fingerprint density at radius 2 is 1.60 bits per heavy atom. The van der Waals surface area contributed by atoms with Crippen LogP contribution in [-0.4, -0.2) is 38.2 Å². The molecule has 1 N–H and O–H groups in total. The molecule has 1 aromatic heterocycles. The van der Waals surface area contributed by atoms with Crippen molar-refractivity contribution in [2.24, 2.45) is 0 Å². The Morgan fingerprint density at radius 1 is 0.933 bits per heavy atom. The van der Waals surface area contributed by atoms with Gasteiger partial charge in [0.05, 0.1) is 15.5 Å². The molecule has 0 fully saturated rings. The van der Waals surface area contributed by atoms with Crippen LogP contribution in [0, 0.1) is 17.0 Å². The molecule has 0 aliphatic heterocycles. The van der Waals surface area contributed by atoms with Gasteiger partial charge in [0, 0.05) is 29.6 Å². The molecule has 0 aliphatic carbocycles. The first-order valence-electron chi connectivity index (χ1n) is 8.39. The standard InChI is InChI=1S/C18H16N4O6S2/c1-12-3-8-15(22(23)24)11-17(12)30(27,28)21-14-6-4-13(5-7-14)16-9-10-18(20-19-16)29(2,25)26/h3-11,21H,1-2H3. The van der Waals surface area contributed by atoms with Gasteiger partial charge in [0.25, 0.3) is 15.7 Å². The Kier molecular flexibility index (Phi) is 5.55. The number of sulfone groups is 1. The number of hydrogen-bond donors (Lipinski definition) is 1. The second-order valence-electron chi connectivity index (χ2n) is 6.42. The highest BCUT2D eigenvalue weighted by molar-refractivity contribution is 7.92. The molecule has 3 aromatic rings. The Labute approximate surface area is 172 Å². The van der Waals surface area contributed by atoms with Gasteiger partial charge in [-0.05, 0) is 36.8 Å². The SMILES string of the molecule is Cc1ccc([N+](=O)[O-])cc1S(=O)(=O)Nc1ccc(-c2ccc(S(C)(=O)=O)nn2)cc1. The molecule has 0 atom stereocenters. The van der Waals surface area contributed by atoms with E-state index >= 15 is 0 Å². The highest BCUT2D eigenvalue weighted by Crippen LogP contribution is 2.25. The molecule has 0 spiro atoms. The highest BCUT2D eigenvalue weighted by Gasteiger charge is 2.21. The van der Waals surface area contributed by atoms with Crippen molar-refractivity contribution in [2.75, 3.05) is 11.0 Å². The summed E-state index contributed by atoms with van der Waals surface area (Å²) in [7, 11) is -7.51. The lowest BCUT2D eigenvalue weighted by atomic mass is 10.1. The predicted octanol–water partition coefficient (Wildman–Crippen LogP) is 2.56. The van der Waals surface area contributed by atoms with Crippen LogP contribution in [0.4, 0.5) is 11.4 Å². The van der Waals surface area contributed by atoms with Crippen LogP contribution >= 0.6 is 0 Å². The number of sulfonamides is 1. The maximum atomic E-state index is 12.7. The van der Waals surface area contributed by atoms with Crippen molar-refractivity contribution < 1.29 is 21.8 Å². The maximum Gasteiger partial charge on any atom is 0.270 e. The summed E-state index contributed by atoms with van der Waals surface area (Å²) in [5.41, 5.74) is 1.28. The van der Waals surface area contributed by atoms with Crippen molar-refractivity contribution >= 4 is 31.2 Å². The van der Waals surface area contributed by atoms with Crippen LogP contribution in [-0.2, 0) is 19.9 Å². The minimum atomic E-state index is -4.05. The first-order valence-corrected chi connectivity index (χ1v) is 11.8. The fourth-order valence-electron chi connectivity index (χ4n) is 2.58. The zero-order valence-corrected chi connectivity index (χ0v) is 17.4. The van der Waals surface area contributed by atoms with Gasteiger partial charge >= 0.3 is 0 Å². The number of rotatable bonds is 6. The lowest BCUT2D eigenvalue weighted by molar-refractivity contribution is -0.385. The number of hydrogen-bond acceptors (Lipinski definition) is 8. The molecule has 0 aliphatic rings. The highest BCUT2D eigenvalue weighted by atomic mass is 32.2. The van der Waals surface area contributed by atoms with Gasteiger partial charge < -0.3 is 0 Å². The summed E-state index contributed by atoms with van der Waals surface area (Å²) in [6.45, 7) is 1.54. The third kappa shape index (κ3) is 4.60. The number of nitro groups is 1. The van der Waals surface area contributed by atoms with Gasteiger partial charge in [-0.3, -0.25) is 14.8 Å². The molecule has 30 heavy (non-hydrogen) atoms. The fourth-order valence-corrected chi connectivity index (χ4v) is 4.41. The van der Waals surface area contributed by atoms with Crippen LogP contribution in [0.1, 0.15) is 5.56 Å². The Bertz CT molecular complexity index is 1320. The summed E-state index contributed by atoms with van der Waals surface area (Å²) in [5.74, 6) is 0. The van der Waals surface area contributed by atoms with E-state index in [1.165, 1.54) is 36.4 Å². The third-order valence-electron chi connectivity index (χ3n) is 4.12. The molecule has 2 aromatic carbocycles. The van der Waals surface area contributed by atoms with Crippen LogP contribution in [0.25, 0.3) is 11.3 Å². The molecule has 0 saturated carbocycles. The third-order valence-corrected chi connectivity index (χ3v) is 6.63. The van der Waals surface area contributed by atoms with Crippen molar-refractivity contribution in [3.63, 3.8) is 0 Å². The maximum absolute atomic E-state index is 12.7. The molecule has 0 saturated heterocycles. The largest absolute Gasteiger partial charge is 0.280 e. The molecule has 1 heterocycles. The fraction of sp³-hybridized carbons (Fsp3) is 0.111. The Morgan fingerprint density at radius 3 is 2.13 bits per heavy atom. The normalized spacial score (nSPS) is 11.8. The second-order valence-corrected chi connectivity index (χ2v) is 10.0. The predicted molar refractivity (Wildman–Crippen MR) is 109 cm³/mol. The summed E-state index contributed by atoms with van der Waals surface area (Å²) in [6, 6.07) is 12.6. The van der Waals surface area contributed by atoms with Crippen LogP contribution in [0.2, 0.25) is 0 Å². The minimum Gasteiger partial charge on any atom is -0.280 e. The van der Waals surface area contributed by atoms with Gasteiger partial charge in [-0.2, -0.15) is 0 Å². The van der Waals surface area contributed by atoms with Gasteiger partial charge in [-0.25, -0.2) is 16.8 Å². The number of benzene rings is 2. The van der Waals surface area contributed by atoms with E-state index in [0.29, 0.717) is 16.8 Å². The topological polar surface area (TPSA) is 149 Å². The zero-order valence-electron chi connectivity index (χ0n) is 15.8. The average molecular weight is 448 g/mol. The van der Waals surface area contributed by atoms with Crippen molar-refractivity contribution in [3.8, 4) is 11.3 Å². The van der Waals surface area contributed by atoms with E-state index in [9.17, 15) is 26.9 Å². The summed E-state index contributed by atoms with van der Waals surface area (Å²) < 4.78 is 50.6. The van der Waals surface area contributed by atoms with Gasteiger partial charge in [0.15, 0.2) is 14.9 Å². The first kappa shape index (κ1) is 21.3. The van der Waals surface area contributed by atoms with E-state index in [2.05, 4.69) is 14.9 Å². The summed E-state index contributed by atoms with van der Waals surface area (Å²) in [4.78, 5) is 10.1. The second kappa shape index (κ2) is 7.80. The Balaban J connectivity index is 1.85. The smallest absolute Gasteiger partial charge is 0.270 e. The summed E-state index contributed by atoms with van der Waals surface area (Å²) >= 11 is 0. The van der Waals surface area contributed by atoms with Crippen LogP contribution in [0.15, 0.2) is 64.5 Å². The Hall–Kier alpha value is -3.38. The first-order chi connectivity index (χ1) is 14.0. The number of aromatic nitrogens is 2. The molecule has 0 bridgehead atoms. The number of nitro benzene ring substituents is 1. The molecular weight excluding hydrogens is 432 g/mol. The van der Waals surface area contributed by atoms with Gasteiger partial charge in [0.2, 0.25) is 0 Å². The molecule has 0 radical (unpaired) electrons. The van der Waals surface area contributed by atoms with Gasteiger partial charge in [0.1, 0.15) is 0 Å². The number of aryl methyl sites for hydroxylation is 1. The molecule has 0 amide bonds. The lowest BCUT2D eigenvalue weighted by Gasteiger charge is -2.11. The quantitative estimate of drug-likeness (QED) is 0.446. The lowest BCUT2D eigenvalue weighted by Crippen LogP contribution is -2.14. The van der Waals surface area contributed by atoms with Gasteiger partial charge in [-0.1, -0.05) is 18.2 Å². The van der Waals surface area contributed by atoms with E-state index in [1.54, 1.807) is 19.1 Å². The van der Waals surface area contributed by atoms with Crippen LogP contribution < -0.4 is 4.72 Å². The van der Waals surface area contributed by atoms with E-state index in [-0.39, 0.29) is 21.3 Å². The average Bonchev–Trinajstić information content (AvgIpc) is 2.67. The molecular formula is C18H16N4O6S2. The number of nitrogens with one attached hydrogen (secondary N) is 1. The zero-order chi connectivity index (χ0) is 22.1. The van der Waals surface area contributed by atoms with Crippen molar-refractivity contribution in [1.29, 1.82) is 0 Å². The van der Waals surface area contributed by atoms with Crippen molar-refractivity contribution in [3.05, 3.63) is 70.3 Å². The molecule has 156 valence electrons. The van der Waals surface area contributed by atoms with Crippen LogP contribution in [0.3, 0.4) is 0 Å². The van der Waals surface area contributed by atoms with E-state index in [4.69, 9.17) is 0 Å². The number of nitrogens with zero attached hydrogens (tertiary/aromatic N) is 3. The monoisotopic (exact) mass is 448 g/mol. The number of anilines is 1. The minimum absolute atomic E-state index is 0.150. The summed E-state index contributed by atoms with van der Waals surface area (Å²) in [6.07, 6.45) is 1.03.